The summed E-state index contributed by atoms with van der Waals surface area (Å²) in [5.41, 5.74) is -0.164. The first kappa shape index (κ1) is 27.3. The molecule has 0 spiro atoms. The van der Waals surface area contributed by atoms with E-state index >= 15 is 0 Å². The number of rotatable bonds is 7. The fourth-order valence-corrected chi connectivity index (χ4v) is 6.11. The Labute approximate surface area is 221 Å². The molecule has 3 aliphatic heterocycles. The fraction of sp³-hybridized carbons (Fsp3) is 0.615. The van der Waals surface area contributed by atoms with Crippen LogP contribution in [0, 0.1) is 17.8 Å². The SMILES string of the molecule is CCC1=C(OC(=O)N(CC)CC)N2C(=O)OC(=NCC(=O)OC)[C@]2(C)C2C1=CCC1C(=O)N(CC)C(=O)C12. The van der Waals surface area contributed by atoms with E-state index in [1.54, 1.807) is 13.8 Å². The number of esters is 1. The number of methoxy groups -OCH3 is 1. The molecule has 4 atom stereocenters. The van der Waals surface area contributed by atoms with Crippen molar-refractivity contribution in [2.24, 2.45) is 22.7 Å². The van der Waals surface area contributed by atoms with Crippen LogP contribution in [0.2, 0.25) is 0 Å². The Morgan fingerprint density at radius 1 is 1.16 bits per heavy atom. The Balaban J connectivity index is 1.94. The smallest absolute Gasteiger partial charge is 0.424 e. The Morgan fingerprint density at radius 3 is 2.42 bits per heavy atom. The van der Waals surface area contributed by atoms with E-state index in [-0.39, 0.29) is 30.1 Å². The van der Waals surface area contributed by atoms with Crippen molar-refractivity contribution in [1.29, 1.82) is 0 Å². The largest absolute Gasteiger partial charge is 0.468 e. The van der Waals surface area contributed by atoms with Gasteiger partial charge in [-0.1, -0.05) is 13.0 Å². The summed E-state index contributed by atoms with van der Waals surface area (Å²) in [4.78, 5) is 73.4. The molecule has 0 aromatic heterocycles. The van der Waals surface area contributed by atoms with Gasteiger partial charge in [0.15, 0.2) is 0 Å². The molecule has 0 aromatic rings. The van der Waals surface area contributed by atoms with Crippen LogP contribution in [0.4, 0.5) is 9.59 Å². The normalized spacial score (nSPS) is 29.1. The number of hydrogen-bond donors (Lipinski definition) is 0. The number of hydrogen-bond acceptors (Lipinski definition) is 9. The Kier molecular flexibility index (Phi) is 7.35. The van der Waals surface area contributed by atoms with Gasteiger partial charge in [0.2, 0.25) is 23.6 Å². The van der Waals surface area contributed by atoms with Gasteiger partial charge in [0.05, 0.1) is 18.9 Å². The molecule has 0 radical (unpaired) electrons. The molecule has 2 fully saturated rings. The Bertz CT molecular complexity index is 1170. The molecule has 4 rings (SSSR count). The summed E-state index contributed by atoms with van der Waals surface area (Å²) >= 11 is 0. The molecular formula is C26H34N4O8. The van der Waals surface area contributed by atoms with Crippen molar-refractivity contribution < 1.29 is 38.2 Å². The Morgan fingerprint density at radius 2 is 1.84 bits per heavy atom. The minimum Gasteiger partial charge on any atom is -0.468 e. The maximum Gasteiger partial charge on any atom is 0.424 e. The first-order valence-corrected chi connectivity index (χ1v) is 13.0. The summed E-state index contributed by atoms with van der Waals surface area (Å²) in [6.07, 6.45) is 1.12. The van der Waals surface area contributed by atoms with E-state index < -0.39 is 48.0 Å². The van der Waals surface area contributed by atoms with Gasteiger partial charge in [-0.2, -0.15) is 0 Å². The predicted molar refractivity (Wildman–Crippen MR) is 133 cm³/mol. The lowest BCUT2D eigenvalue weighted by molar-refractivity contribution is -0.140. The quantitative estimate of drug-likeness (QED) is 0.278. The van der Waals surface area contributed by atoms with Crippen molar-refractivity contribution in [3.63, 3.8) is 0 Å². The molecule has 3 unspecified atom stereocenters. The summed E-state index contributed by atoms with van der Waals surface area (Å²) in [7, 11) is 1.22. The second-order valence-electron chi connectivity index (χ2n) is 9.65. The molecule has 12 nitrogen and oxygen atoms in total. The molecule has 0 N–H and O–H groups in total. The molecule has 4 aliphatic rings. The third kappa shape index (κ3) is 3.88. The first-order chi connectivity index (χ1) is 18.1. The van der Waals surface area contributed by atoms with Crippen LogP contribution < -0.4 is 0 Å². The van der Waals surface area contributed by atoms with Gasteiger partial charge in [-0.15, -0.1) is 0 Å². The van der Waals surface area contributed by atoms with Crippen molar-refractivity contribution >= 4 is 35.9 Å². The van der Waals surface area contributed by atoms with Gasteiger partial charge in [-0.25, -0.2) is 19.5 Å². The molecule has 206 valence electrons. The molecule has 38 heavy (non-hydrogen) atoms. The number of fused-ring (bicyclic) bond motifs is 5. The van der Waals surface area contributed by atoms with Crippen molar-refractivity contribution in [3.05, 3.63) is 23.1 Å². The third-order valence-corrected chi connectivity index (χ3v) is 7.99. The van der Waals surface area contributed by atoms with E-state index in [9.17, 15) is 24.0 Å². The molecule has 0 bridgehead atoms. The highest BCUT2D eigenvalue weighted by Crippen LogP contribution is 2.56. The van der Waals surface area contributed by atoms with E-state index in [2.05, 4.69) is 4.99 Å². The van der Waals surface area contributed by atoms with E-state index in [4.69, 9.17) is 14.2 Å². The van der Waals surface area contributed by atoms with Crippen LogP contribution in [0.25, 0.3) is 0 Å². The average Bonchev–Trinajstić information content (AvgIpc) is 3.31. The lowest BCUT2D eigenvalue weighted by atomic mass is 9.61. The summed E-state index contributed by atoms with van der Waals surface area (Å²) in [5, 5.41) is 0. The van der Waals surface area contributed by atoms with E-state index in [1.165, 1.54) is 21.8 Å². The van der Waals surface area contributed by atoms with Crippen LogP contribution in [-0.2, 0) is 28.6 Å². The highest BCUT2D eigenvalue weighted by Gasteiger charge is 2.68. The second kappa shape index (κ2) is 10.2. The van der Waals surface area contributed by atoms with E-state index in [1.807, 2.05) is 26.8 Å². The van der Waals surface area contributed by atoms with Gasteiger partial charge in [-0.05, 0) is 46.1 Å². The number of amides is 4. The number of carbonyl (C=O) groups is 5. The van der Waals surface area contributed by atoms with E-state index in [0.717, 1.165) is 0 Å². The second-order valence-corrected chi connectivity index (χ2v) is 9.65. The van der Waals surface area contributed by atoms with Gasteiger partial charge in [-0.3, -0.25) is 19.3 Å². The number of ether oxygens (including phenoxy) is 3. The molecule has 2 saturated heterocycles. The minimum atomic E-state index is -1.45. The highest BCUT2D eigenvalue weighted by molar-refractivity contribution is 6.09. The van der Waals surface area contributed by atoms with Crippen LogP contribution in [0.5, 0.6) is 0 Å². The number of likely N-dealkylation sites (tertiary alicyclic amines) is 1. The van der Waals surface area contributed by atoms with Gasteiger partial charge in [0.25, 0.3) is 0 Å². The fourth-order valence-electron chi connectivity index (χ4n) is 6.11. The van der Waals surface area contributed by atoms with Crippen LogP contribution >= 0.6 is 0 Å². The zero-order valence-electron chi connectivity index (χ0n) is 22.6. The monoisotopic (exact) mass is 530 g/mol. The first-order valence-electron chi connectivity index (χ1n) is 13.0. The minimum absolute atomic E-state index is 0.00485. The van der Waals surface area contributed by atoms with Gasteiger partial charge < -0.3 is 19.1 Å². The third-order valence-electron chi connectivity index (χ3n) is 7.99. The van der Waals surface area contributed by atoms with Gasteiger partial charge in [0.1, 0.15) is 12.1 Å². The predicted octanol–water partition coefficient (Wildman–Crippen LogP) is 2.45. The molecule has 12 heteroatoms. The topological polar surface area (TPSA) is 135 Å². The van der Waals surface area contributed by atoms with Crippen molar-refractivity contribution in [2.45, 2.75) is 53.0 Å². The molecule has 4 amide bonds. The number of allylic oxidation sites excluding steroid dienone is 2. The number of nitrogens with zero attached hydrogens (tertiary/aromatic N) is 4. The summed E-state index contributed by atoms with van der Waals surface area (Å²) in [6.45, 7) is 9.50. The summed E-state index contributed by atoms with van der Waals surface area (Å²) in [6, 6.07) is 0. The number of carbonyl (C=O) groups excluding carboxylic acids is 5. The zero-order valence-corrected chi connectivity index (χ0v) is 22.6. The maximum atomic E-state index is 13.6. The van der Waals surface area contributed by atoms with Crippen LogP contribution in [0.1, 0.15) is 47.5 Å². The average molecular weight is 531 g/mol. The van der Waals surface area contributed by atoms with Crippen LogP contribution in [0.15, 0.2) is 28.1 Å². The van der Waals surface area contributed by atoms with Gasteiger partial charge >= 0.3 is 18.2 Å². The van der Waals surface area contributed by atoms with Crippen LogP contribution in [-0.4, -0.2) is 89.4 Å². The zero-order chi connectivity index (χ0) is 27.9. The number of cyclic esters (lactones) is 1. The van der Waals surface area contributed by atoms with E-state index in [0.29, 0.717) is 37.1 Å². The van der Waals surface area contributed by atoms with Crippen molar-refractivity contribution in [2.75, 3.05) is 33.3 Å². The molecule has 0 saturated carbocycles. The highest BCUT2D eigenvalue weighted by atomic mass is 16.6. The van der Waals surface area contributed by atoms with Gasteiger partial charge in [0, 0.05) is 31.1 Å². The van der Waals surface area contributed by atoms with Crippen molar-refractivity contribution in [1.82, 2.24) is 14.7 Å². The lowest BCUT2D eigenvalue weighted by Gasteiger charge is -2.49. The Hall–Kier alpha value is -3.70. The number of imide groups is 1. The molecule has 1 aliphatic carbocycles. The summed E-state index contributed by atoms with van der Waals surface area (Å²) in [5.74, 6) is -3.44. The maximum absolute atomic E-state index is 13.6. The molecule has 3 heterocycles. The summed E-state index contributed by atoms with van der Waals surface area (Å²) < 4.78 is 16.2. The number of aliphatic imine (C=N–C) groups is 1. The van der Waals surface area contributed by atoms with Crippen molar-refractivity contribution in [3.8, 4) is 0 Å². The standard InChI is InChI=1S/C26H34N4O8/c1-7-14-15-11-12-16-18(21(33)29(10-4)20(16)32)19(15)26(5)23(27-13-17(31)36-6)38-25(35)30(26)22(14)37-24(34)28(8-2)9-3/h11,16,18-19H,7-10,12-13H2,1-6H3/t16?,18?,19?,26-/m0/s1. The molecule has 0 aromatic carbocycles. The molecular weight excluding hydrogens is 496 g/mol. The lowest BCUT2D eigenvalue weighted by Crippen LogP contribution is -2.60. The van der Waals surface area contributed by atoms with Crippen LogP contribution in [0.3, 0.4) is 0 Å².